The van der Waals surface area contributed by atoms with Crippen molar-refractivity contribution < 1.29 is 23.8 Å². The van der Waals surface area contributed by atoms with E-state index in [1.54, 1.807) is 14.0 Å². The molecule has 0 fully saturated rings. The molecule has 0 saturated carbocycles. The van der Waals surface area contributed by atoms with Crippen molar-refractivity contribution in [3.63, 3.8) is 0 Å². The number of ether oxygens (including phenoxy) is 3. The first kappa shape index (κ1) is 25.4. The van der Waals surface area contributed by atoms with Gasteiger partial charge in [-0.2, -0.15) is 0 Å². The van der Waals surface area contributed by atoms with Crippen LogP contribution in [0.3, 0.4) is 0 Å². The Balaban J connectivity index is 1.51. The molecule has 4 rings (SSSR count). The first-order valence-electron chi connectivity index (χ1n) is 11.7. The maximum atomic E-state index is 13.0. The van der Waals surface area contributed by atoms with E-state index >= 15 is 0 Å². The lowest BCUT2D eigenvalue weighted by molar-refractivity contribution is -0.139. The second-order valence-corrected chi connectivity index (χ2v) is 8.91. The highest BCUT2D eigenvalue weighted by molar-refractivity contribution is 8.16. The summed E-state index contributed by atoms with van der Waals surface area (Å²) in [6.45, 7) is 4.57. The largest absolute Gasteiger partial charge is 0.497 e. The Morgan fingerprint density at radius 1 is 1.11 bits per heavy atom. The minimum atomic E-state index is -0.498. The Bertz CT molecular complexity index is 1210. The average molecular weight is 508 g/mol. The van der Waals surface area contributed by atoms with Crippen LogP contribution in [0.1, 0.15) is 31.9 Å². The molecule has 2 aromatic carbocycles. The molecular formula is C27H29N3O5S. The number of fused-ring (bicyclic) bond motifs is 1. The van der Waals surface area contributed by atoms with Crippen molar-refractivity contribution >= 4 is 28.8 Å². The number of methoxy groups -OCH3 is 1. The van der Waals surface area contributed by atoms with Crippen LogP contribution in [0.5, 0.6) is 11.5 Å². The molecule has 1 unspecified atom stereocenters. The summed E-state index contributed by atoms with van der Waals surface area (Å²) < 4.78 is 16.5. The molecule has 0 bridgehead atoms. The molecule has 0 radical (unpaired) electrons. The normalized spacial score (nSPS) is 16.6. The van der Waals surface area contributed by atoms with Crippen molar-refractivity contribution in [1.29, 1.82) is 0 Å². The van der Waals surface area contributed by atoms with E-state index in [-0.39, 0.29) is 18.9 Å². The lowest BCUT2D eigenvalue weighted by Crippen LogP contribution is -2.38. The van der Waals surface area contributed by atoms with Crippen LogP contribution in [0.25, 0.3) is 0 Å². The van der Waals surface area contributed by atoms with Gasteiger partial charge in [-0.15, -0.1) is 0 Å². The van der Waals surface area contributed by atoms with Gasteiger partial charge in [0, 0.05) is 5.70 Å². The van der Waals surface area contributed by atoms with Gasteiger partial charge in [-0.25, -0.2) is 9.79 Å². The van der Waals surface area contributed by atoms with Crippen LogP contribution < -0.4 is 14.8 Å². The van der Waals surface area contributed by atoms with E-state index in [0.29, 0.717) is 35.3 Å². The number of hydrogen-bond donors (Lipinski definition) is 1. The summed E-state index contributed by atoms with van der Waals surface area (Å²) in [5.41, 5.74) is 2.63. The summed E-state index contributed by atoms with van der Waals surface area (Å²) in [5, 5.41) is 5.53. The number of nitrogens with zero attached hydrogens (tertiary/aromatic N) is 2. The molecule has 0 aromatic heterocycles. The number of rotatable bonds is 10. The van der Waals surface area contributed by atoms with Crippen molar-refractivity contribution in [2.24, 2.45) is 4.99 Å². The Labute approximate surface area is 215 Å². The van der Waals surface area contributed by atoms with E-state index in [1.165, 1.54) is 11.8 Å². The van der Waals surface area contributed by atoms with Crippen LogP contribution >= 0.6 is 11.8 Å². The second-order valence-electron chi connectivity index (χ2n) is 8.08. The van der Waals surface area contributed by atoms with Crippen LogP contribution in [0.15, 0.2) is 82.0 Å². The maximum absolute atomic E-state index is 13.0. The molecule has 2 aliphatic rings. The zero-order valence-corrected chi connectivity index (χ0v) is 21.3. The van der Waals surface area contributed by atoms with Crippen molar-refractivity contribution in [2.45, 2.75) is 26.3 Å². The van der Waals surface area contributed by atoms with Crippen LogP contribution in [0, 0.1) is 0 Å². The van der Waals surface area contributed by atoms with Crippen LogP contribution in [-0.2, 0) is 14.3 Å². The summed E-state index contributed by atoms with van der Waals surface area (Å²) in [4.78, 5) is 32.4. The highest BCUT2D eigenvalue weighted by atomic mass is 32.2. The Morgan fingerprint density at radius 3 is 2.64 bits per heavy atom. The molecule has 2 aromatic rings. The number of amidine groups is 1. The number of amides is 1. The van der Waals surface area contributed by atoms with E-state index in [4.69, 9.17) is 14.2 Å². The SMILES string of the molecule is CCOC(=O)C1=C(C)N=C2SC=C(CC(=O)NCCOc3ccccc3)N2C1c1cccc(OC)c1. The fourth-order valence-electron chi connectivity index (χ4n) is 4.07. The zero-order chi connectivity index (χ0) is 25.5. The predicted octanol–water partition coefficient (Wildman–Crippen LogP) is 4.42. The molecule has 36 heavy (non-hydrogen) atoms. The summed E-state index contributed by atoms with van der Waals surface area (Å²) in [5.74, 6) is 0.856. The summed E-state index contributed by atoms with van der Waals surface area (Å²) in [6.07, 6.45) is 0.132. The minimum absolute atomic E-state index is 0.132. The number of aliphatic imine (C=N–C) groups is 1. The number of benzene rings is 2. The van der Waals surface area contributed by atoms with Crippen LogP contribution in [0.4, 0.5) is 0 Å². The molecule has 0 saturated heterocycles. The van der Waals surface area contributed by atoms with Gasteiger partial charge < -0.3 is 24.4 Å². The number of carbonyl (C=O) groups excluding carboxylic acids is 2. The first-order valence-corrected chi connectivity index (χ1v) is 12.6. The van der Waals surface area contributed by atoms with E-state index in [9.17, 15) is 9.59 Å². The Morgan fingerprint density at radius 2 is 1.89 bits per heavy atom. The van der Waals surface area contributed by atoms with E-state index in [1.807, 2.05) is 71.8 Å². The van der Waals surface area contributed by atoms with Gasteiger partial charge in [-0.1, -0.05) is 42.1 Å². The fourth-order valence-corrected chi connectivity index (χ4v) is 5.03. The second kappa shape index (κ2) is 11.8. The standard InChI is InChI=1S/C27H29N3O5S/c1-4-34-26(32)24-18(2)29-27-30(25(24)19-9-8-12-22(15-19)33-3)20(17-36-27)16-23(31)28-13-14-35-21-10-6-5-7-11-21/h5-12,15,17,25H,4,13-14,16H2,1-3H3,(H,28,31). The van der Waals surface area contributed by atoms with Gasteiger partial charge in [0.15, 0.2) is 5.17 Å². The number of thioether (sulfide) groups is 1. The predicted molar refractivity (Wildman–Crippen MR) is 140 cm³/mol. The molecule has 1 atom stereocenters. The van der Waals surface area contributed by atoms with Crippen molar-refractivity contribution in [3.05, 3.63) is 82.5 Å². The van der Waals surface area contributed by atoms with Gasteiger partial charge in [-0.05, 0) is 49.1 Å². The number of allylic oxidation sites excluding steroid dienone is 1. The highest BCUT2D eigenvalue weighted by Crippen LogP contribution is 2.45. The van der Waals surface area contributed by atoms with Gasteiger partial charge in [0.05, 0.1) is 44.0 Å². The van der Waals surface area contributed by atoms with E-state index < -0.39 is 12.0 Å². The smallest absolute Gasteiger partial charge is 0.338 e. The quantitative estimate of drug-likeness (QED) is 0.376. The number of nitrogens with one attached hydrogen (secondary N) is 1. The van der Waals surface area contributed by atoms with Gasteiger partial charge in [0.25, 0.3) is 0 Å². The third kappa shape index (κ3) is 5.73. The van der Waals surface area contributed by atoms with Gasteiger partial charge in [0.2, 0.25) is 5.91 Å². The average Bonchev–Trinajstić information content (AvgIpc) is 3.28. The fraction of sp³-hybridized carbons (Fsp3) is 0.296. The Kier molecular flexibility index (Phi) is 8.32. The van der Waals surface area contributed by atoms with Gasteiger partial charge in [0.1, 0.15) is 18.1 Å². The molecule has 0 spiro atoms. The molecule has 9 heteroatoms. The summed E-state index contributed by atoms with van der Waals surface area (Å²) >= 11 is 1.43. The molecular weight excluding hydrogens is 478 g/mol. The molecule has 8 nitrogen and oxygen atoms in total. The van der Waals surface area contributed by atoms with Crippen molar-refractivity contribution in [3.8, 4) is 11.5 Å². The highest BCUT2D eigenvalue weighted by Gasteiger charge is 2.41. The molecule has 1 amide bonds. The van der Waals surface area contributed by atoms with Crippen LogP contribution in [0.2, 0.25) is 0 Å². The van der Waals surface area contributed by atoms with E-state index in [0.717, 1.165) is 17.0 Å². The molecule has 188 valence electrons. The third-order valence-corrected chi connectivity index (χ3v) is 6.57. The first-order chi connectivity index (χ1) is 17.5. The maximum Gasteiger partial charge on any atom is 0.338 e. The number of esters is 1. The third-order valence-electron chi connectivity index (χ3n) is 5.68. The number of hydrogen-bond acceptors (Lipinski definition) is 8. The molecule has 0 aliphatic carbocycles. The van der Waals surface area contributed by atoms with Gasteiger partial charge >= 0.3 is 5.97 Å². The van der Waals surface area contributed by atoms with Crippen molar-refractivity contribution in [1.82, 2.24) is 10.2 Å². The summed E-state index contributed by atoms with van der Waals surface area (Å²) in [7, 11) is 1.60. The van der Waals surface area contributed by atoms with Crippen molar-refractivity contribution in [2.75, 3.05) is 26.9 Å². The topological polar surface area (TPSA) is 89.5 Å². The van der Waals surface area contributed by atoms with E-state index in [2.05, 4.69) is 10.3 Å². The number of carbonyl (C=O) groups is 2. The van der Waals surface area contributed by atoms with Crippen LogP contribution in [-0.4, -0.2) is 48.8 Å². The lowest BCUT2D eigenvalue weighted by Gasteiger charge is -2.36. The Hall–Kier alpha value is -3.72. The van der Waals surface area contributed by atoms with Gasteiger partial charge in [-0.3, -0.25) is 4.79 Å². The molecule has 2 heterocycles. The minimum Gasteiger partial charge on any atom is -0.497 e. The molecule has 1 N–H and O–H groups in total. The zero-order valence-electron chi connectivity index (χ0n) is 20.5. The number of para-hydroxylation sites is 1. The summed E-state index contributed by atoms with van der Waals surface area (Å²) in [6, 6.07) is 16.5. The monoisotopic (exact) mass is 507 g/mol. The molecule has 2 aliphatic heterocycles. The lowest BCUT2D eigenvalue weighted by atomic mass is 9.93.